The van der Waals surface area contributed by atoms with E-state index in [0.717, 1.165) is 0 Å². The van der Waals surface area contributed by atoms with Crippen LogP contribution in [0, 0.1) is 5.92 Å². The molecule has 4 aliphatic rings. The average molecular weight is 305 g/mol. The molecule has 6 nitrogen and oxygen atoms in total. The van der Waals surface area contributed by atoms with E-state index in [4.69, 9.17) is 30.5 Å². The van der Waals surface area contributed by atoms with Gasteiger partial charge in [-0.15, -0.1) is 11.6 Å². The van der Waals surface area contributed by atoms with Crippen LogP contribution in [-0.2, 0) is 23.7 Å². The van der Waals surface area contributed by atoms with Gasteiger partial charge in [0.05, 0.1) is 11.8 Å². The second-order valence-corrected chi connectivity index (χ2v) is 5.78. The van der Waals surface area contributed by atoms with Gasteiger partial charge in [-0.1, -0.05) is 6.58 Å². The Bertz CT molecular complexity index is 468. The Hall–Kier alpha value is -0.660. The topological polar surface area (TPSA) is 74.2 Å². The number of fused-ring (bicyclic) bond motifs is 1. The fraction of sp³-hybridized carbons (Fsp3) is 0.769. The van der Waals surface area contributed by atoms with Crippen LogP contribution in [0.1, 0.15) is 13.3 Å². The van der Waals surface area contributed by atoms with E-state index in [0.29, 0.717) is 5.57 Å². The van der Waals surface area contributed by atoms with Gasteiger partial charge in [0, 0.05) is 26.0 Å². The van der Waals surface area contributed by atoms with Crippen LogP contribution in [0.5, 0.6) is 0 Å². The third-order valence-electron chi connectivity index (χ3n) is 4.53. The molecule has 0 unspecified atom stereocenters. The predicted molar refractivity (Wildman–Crippen MR) is 68.0 cm³/mol. The van der Waals surface area contributed by atoms with Gasteiger partial charge in [0.1, 0.15) is 17.3 Å². The van der Waals surface area contributed by atoms with Crippen molar-refractivity contribution in [3.63, 3.8) is 0 Å². The van der Waals surface area contributed by atoms with E-state index in [1.54, 1.807) is 0 Å². The maximum absolute atomic E-state index is 11.3. The summed E-state index contributed by atoms with van der Waals surface area (Å²) in [7, 11) is 1.49. The van der Waals surface area contributed by atoms with Crippen LogP contribution in [0.4, 0.5) is 0 Å². The summed E-state index contributed by atoms with van der Waals surface area (Å²) in [6.07, 6.45) is -1.96. The fourth-order valence-corrected chi connectivity index (χ4v) is 4.04. The van der Waals surface area contributed by atoms with Crippen molar-refractivity contribution in [2.75, 3.05) is 13.0 Å². The van der Waals surface area contributed by atoms with Crippen molar-refractivity contribution in [3.8, 4) is 0 Å². The number of hydrogen-bond donors (Lipinski definition) is 1. The molecular formula is C13H17ClO6. The Balaban J connectivity index is 2.07. The molecule has 6 atom stereocenters. The van der Waals surface area contributed by atoms with Gasteiger partial charge in [0.25, 0.3) is 0 Å². The molecule has 0 radical (unpaired) electrons. The van der Waals surface area contributed by atoms with Gasteiger partial charge in [-0.3, -0.25) is 4.79 Å². The highest BCUT2D eigenvalue weighted by Gasteiger charge is 2.75. The lowest BCUT2D eigenvalue weighted by Gasteiger charge is -2.55. The molecule has 0 aromatic carbocycles. The molecule has 1 N–H and O–H groups in total. The number of hydrogen-bond acceptors (Lipinski definition) is 6. The molecule has 4 fully saturated rings. The highest BCUT2D eigenvalue weighted by Crippen LogP contribution is 2.61. The third-order valence-corrected chi connectivity index (χ3v) is 4.95. The molecule has 0 aromatic heterocycles. The number of methoxy groups -OCH3 is 1. The van der Waals surface area contributed by atoms with Gasteiger partial charge in [0.15, 0.2) is 12.6 Å². The average Bonchev–Trinajstić information content (AvgIpc) is 2.63. The number of alkyl halides is 1. The fourth-order valence-electron chi connectivity index (χ4n) is 3.64. The SMILES string of the molecule is C=C1[C@H]2O[C@H](OC)[C@@H]3[C@](CCl)(O2)[C@@H](OC(C)=O)C[C@]13O. The van der Waals surface area contributed by atoms with Gasteiger partial charge in [-0.2, -0.15) is 0 Å². The van der Waals surface area contributed by atoms with Crippen LogP contribution < -0.4 is 0 Å². The van der Waals surface area contributed by atoms with Crippen LogP contribution in [0.15, 0.2) is 12.2 Å². The molecule has 1 aliphatic carbocycles. The molecule has 20 heavy (non-hydrogen) atoms. The van der Waals surface area contributed by atoms with Crippen molar-refractivity contribution in [1.29, 1.82) is 0 Å². The Morgan fingerprint density at radius 2 is 2.35 bits per heavy atom. The number of esters is 1. The van der Waals surface area contributed by atoms with Crippen LogP contribution in [-0.4, -0.2) is 54.0 Å². The molecule has 4 rings (SSSR count). The lowest BCUT2D eigenvalue weighted by atomic mass is 9.74. The number of rotatable bonds is 3. The van der Waals surface area contributed by atoms with Gasteiger partial charge in [0.2, 0.25) is 0 Å². The summed E-state index contributed by atoms with van der Waals surface area (Å²) in [6.45, 7) is 5.17. The molecule has 7 heteroatoms. The van der Waals surface area contributed by atoms with Gasteiger partial charge >= 0.3 is 5.97 Å². The first kappa shape index (κ1) is 14.3. The first-order chi connectivity index (χ1) is 9.39. The van der Waals surface area contributed by atoms with E-state index in [1.807, 2.05) is 0 Å². The second kappa shape index (κ2) is 4.42. The molecule has 0 amide bonds. The van der Waals surface area contributed by atoms with Gasteiger partial charge in [-0.05, 0) is 0 Å². The van der Waals surface area contributed by atoms with Crippen molar-refractivity contribution >= 4 is 17.6 Å². The summed E-state index contributed by atoms with van der Waals surface area (Å²) in [5.41, 5.74) is -1.87. The predicted octanol–water partition coefficient (Wildman–Crippen LogP) is 0.562. The number of carbonyl (C=O) groups excluding carboxylic acids is 1. The Kier molecular flexibility index (Phi) is 3.15. The quantitative estimate of drug-likeness (QED) is 0.467. The molecule has 0 spiro atoms. The number of carbonyl (C=O) groups is 1. The number of halogens is 1. The van der Waals surface area contributed by atoms with Crippen molar-refractivity contribution in [1.82, 2.24) is 0 Å². The van der Waals surface area contributed by atoms with Crippen molar-refractivity contribution in [3.05, 3.63) is 12.2 Å². The lowest BCUT2D eigenvalue weighted by molar-refractivity contribution is -0.384. The van der Waals surface area contributed by atoms with Crippen LogP contribution in [0.3, 0.4) is 0 Å². The molecule has 1 saturated carbocycles. The molecule has 4 bridgehead atoms. The standard InChI is InChI=1S/C13H17ClO6/c1-6-10-19-11(17-3)9-12(6,16)4-8(18-7(2)15)13(9,5-14)20-10/h8-11,16H,1,4-5H2,2-3H3/t8-,9-,10-,11-,12-,13+/m0/s1. The highest BCUT2D eigenvalue weighted by atomic mass is 35.5. The Morgan fingerprint density at radius 3 is 2.90 bits per heavy atom. The summed E-state index contributed by atoms with van der Waals surface area (Å²) in [6, 6.07) is 0. The molecular weight excluding hydrogens is 288 g/mol. The largest absolute Gasteiger partial charge is 0.459 e. The Labute approximate surface area is 121 Å². The number of aliphatic hydroxyl groups is 1. The van der Waals surface area contributed by atoms with Crippen molar-refractivity contribution in [2.24, 2.45) is 5.92 Å². The van der Waals surface area contributed by atoms with Crippen molar-refractivity contribution in [2.45, 2.75) is 43.2 Å². The maximum Gasteiger partial charge on any atom is 0.303 e. The van der Waals surface area contributed by atoms with Crippen LogP contribution >= 0.6 is 11.6 Å². The minimum Gasteiger partial charge on any atom is -0.459 e. The zero-order valence-corrected chi connectivity index (χ0v) is 12.1. The molecule has 0 aromatic rings. The van der Waals surface area contributed by atoms with E-state index >= 15 is 0 Å². The third kappa shape index (κ3) is 1.57. The van der Waals surface area contributed by atoms with E-state index in [9.17, 15) is 9.90 Å². The van der Waals surface area contributed by atoms with E-state index in [-0.39, 0.29) is 12.3 Å². The first-order valence-corrected chi connectivity index (χ1v) is 6.93. The summed E-state index contributed by atoms with van der Waals surface area (Å²) in [5.74, 6) is -0.972. The first-order valence-electron chi connectivity index (χ1n) is 6.40. The van der Waals surface area contributed by atoms with E-state index in [1.165, 1.54) is 14.0 Å². The summed E-state index contributed by atoms with van der Waals surface area (Å²) in [4.78, 5) is 11.3. The Morgan fingerprint density at radius 1 is 1.65 bits per heavy atom. The summed E-state index contributed by atoms with van der Waals surface area (Å²) < 4.78 is 22.0. The zero-order chi connectivity index (χ0) is 14.7. The molecule has 112 valence electrons. The second-order valence-electron chi connectivity index (χ2n) is 5.51. The number of ether oxygens (including phenoxy) is 4. The minimum absolute atomic E-state index is 0.0604. The smallest absolute Gasteiger partial charge is 0.303 e. The molecule has 3 heterocycles. The maximum atomic E-state index is 11.3. The highest BCUT2D eigenvalue weighted by molar-refractivity contribution is 6.18. The summed E-state index contributed by atoms with van der Waals surface area (Å²) >= 11 is 6.10. The van der Waals surface area contributed by atoms with E-state index in [2.05, 4.69) is 6.58 Å². The van der Waals surface area contributed by atoms with Gasteiger partial charge in [-0.25, -0.2) is 0 Å². The normalized spacial score (nSPS) is 49.5. The van der Waals surface area contributed by atoms with Crippen LogP contribution in [0.25, 0.3) is 0 Å². The minimum atomic E-state index is -1.27. The van der Waals surface area contributed by atoms with Crippen molar-refractivity contribution < 1.29 is 28.8 Å². The lowest BCUT2D eigenvalue weighted by Crippen LogP contribution is -2.69. The zero-order valence-electron chi connectivity index (χ0n) is 11.3. The molecule has 3 aliphatic heterocycles. The molecule has 3 saturated heterocycles. The summed E-state index contributed by atoms with van der Waals surface area (Å²) in [5, 5.41) is 11.0. The van der Waals surface area contributed by atoms with E-state index < -0.39 is 41.8 Å². The van der Waals surface area contributed by atoms with Crippen LogP contribution in [0.2, 0.25) is 0 Å². The monoisotopic (exact) mass is 304 g/mol. The van der Waals surface area contributed by atoms with Gasteiger partial charge < -0.3 is 24.1 Å².